The second-order valence-electron chi connectivity index (χ2n) is 9.54. The number of nitrogens with one attached hydrogen (secondary N) is 1. The van der Waals surface area contributed by atoms with Gasteiger partial charge < -0.3 is 14.5 Å². The lowest BCUT2D eigenvalue weighted by Crippen LogP contribution is -2.48. The minimum Gasteiger partial charge on any atom is -0.454 e. The number of nitrogens with zero attached hydrogens (tertiary/aromatic N) is 2. The number of aromatic nitrogens is 2. The Morgan fingerprint density at radius 1 is 1.06 bits per heavy atom. The van der Waals surface area contributed by atoms with Crippen LogP contribution in [0.5, 0.6) is 0 Å². The molecule has 1 amide bonds. The number of benzene rings is 1. The number of carbonyl (C=O) groups is 2. The predicted molar refractivity (Wildman–Crippen MR) is 113 cm³/mol. The smallest absolute Gasteiger partial charge is 0.325 e. The largest absolute Gasteiger partial charge is 0.454 e. The van der Waals surface area contributed by atoms with Crippen molar-refractivity contribution in [3.63, 3.8) is 0 Å². The van der Waals surface area contributed by atoms with Crippen molar-refractivity contribution in [3.05, 3.63) is 35.2 Å². The van der Waals surface area contributed by atoms with E-state index in [1.54, 1.807) is 24.3 Å². The van der Waals surface area contributed by atoms with E-state index in [2.05, 4.69) is 15.5 Å². The molecule has 0 radical (unpaired) electrons. The molecule has 2 aromatic rings. The van der Waals surface area contributed by atoms with Crippen LogP contribution in [-0.4, -0.2) is 28.6 Å². The molecular formula is C23H26ClN3O4. The molecule has 1 aromatic carbocycles. The second-order valence-corrected chi connectivity index (χ2v) is 9.98. The second kappa shape index (κ2) is 8.26. The zero-order valence-corrected chi connectivity index (χ0v) is 18.1. The Bertz CT molecular complexity index is 936. The minimum absolute atomic E-state index is 0.0540. The molecule has 7 nitrogen and oxygen atoms in total. The first kappa shape index (κ1) is 20.5. The van der Waals surface area contributed by atoms with Crippen LogP contribution in [-0.2, 0) is 20.9 Å². The van der Waals surface area contributed by atoms with Gasteiger partial charge in [-0.3, -0.25) is 9.59 Å². The van der Waals surface area contributed by atoms with Crippen molar-refractivity contribution >= 4 is 23.5 Å². The van der Waals surface area contributed by atoms with Crippen molar-refractivity contribution in [2.24, 2.45) is 23.2 Å². The first-order valence-electron chi connectivity index (χ1n) is 11.0. The van der Waals surface area contributed by atoms with Gasteiger partial charge in [0, 0.05) is 17.0 Å². The molecule has 164 valence electrons. The van der Waals surface area contributed by atoms with Crippen LogP contribution in [0.25, 0.3) is 11.5 Å². The zero-order valence-electron chi connectivity index (χ0n) is 17.3. The number of esters is 1. The zero-order chi connectivity index (χ0) is 21.4. The summed E-state index contributed by atoms with van der Waals surface area (Å²) in [6.45, 7) is -0.284. The molecule has 1 heterocycles. The highest BCUT2D eigenvalue weighted by atomic mass is 35.5. The molecule has 4 fully saturated rings. The van der Waals surface area contributed by atoms with Crippen LogP contribution >= 0.6 is 11.6 Å². The Morgan fingerprint density at radius 2 is 1.71 bits per heavy atom. The molecule has 8 heteroatoms. The van der Waals surface area contributed by atoms with Gasteiger partial charge in [0.05, 0.1) is 0 Å². The first-order valence-corrected chi connectivity index (χ1v) is 11.3. The number of carbonyl (C=O) groups excluding carboxylic acids is 2. The van der Waals surface area contributed by atoms with Crippen LogP contribution in [0.4, 0.5) is 0 Å². The summed E-state index contributed by atoms with van der Waals surface area (Å²) in [5.74, 6) is 2.35. The van der Waals surface area contributed by atoms with Crippen molar-refractivity contribution in [3.8, 4) is 11.5 Å². The number of rotatable bonds is 7. The van der Waals surface area contributed by atoms with Gasteiger partial charge in [-0.15, -0.1) is 10.2 Å². The van der Waals surface area contributed by atoms with E-state index in [0.29, 0.717) is 17.3 Å². The summed E-state index contributed by atoms with van der Waals surface area (Å²) in [5, 5.41) is 11.2. The van der Waals surface area contributed by atoms with E-state index < -0.39 is 5.97 Å². The van der Waals surface area contributed by atoms with Gasteiger partial charge in [0.15, 0.2) is 6.61 Å². The van der Waals surface area contributed by atoms with Crippen molar-refractivity contribution in [2.45, 2.75) is 51.6 Å². The maximum atomic E-state index is 12.5. The molecule has 1 N–H and O–H groups in total. The molecule has 4 aliphatic carbocycles. The summed E-state index contributed by atoms with van der Waals surface area (Å²) < 4.78 is 10.7. The average molecular weight is 444 g/mol. The fraction of sp³-hybridized carbons (Fsp3) is 0.565. The topological polar surface area (TPSA) is 94.3 Å². The van der Waals surface area contributed by atoms with E-state index in [9.17, 15) is 9.59 Å². The van der Waals surface area contributed by atoms with Gasteiger partial charge in [-0.25, -0.2) is 0 Å². The lowest BCUT2D eigenvalue weighted by Gasteiger charge is -2.56. The van der Waals surface area contributed by atoms with Gasteiger partial charge in [0.1, 0.15) is 6.54 Å². The Morgan fingerprint density at radius 3 is 2.35 bits per heavy atom. The van der Waals surface area contributed by atoms with Crippen LogP contribution < -0.4 is 5.32 Å². The molecule has 0 saturated heterocycles. The summed E-state index contributed by atoms with van der Waals surface area (Å²) in [4.78, 5) is 24.6. The van der Waals surface area contributed by atoms with Gasteiger partial charge >= 0.3 is 5.97 Å². The molecule has 31 heavy (non-hydrogen) atoms. The molecule has 4 saturated carbocycles. The number of ether oxygens (including phenoxy) is 1. The number of halogens is 1. The van der Waals surface area contributed by atoms with E-state index >= 15 is 0 Å². The van der Waals surface area contributed by atoms with Gasteiger partial charge in [-0.05, 0) is 86.0 Å². The summed E-state index contributed by atoms with van der Waals surface area (Å²) >= 11 is 5.87. The van der Waals surface area contributed by atoms with E-state index in [1.165, 1.54) is 38.5 Å². The standard InChI is InChI=1S/C23H26ClN3O4/c24-18-3-1-17(2-4-18)22-27-26-20(31-22)13-30-21(29)12-25-19(28)11-23-8-14-5-15(9-23)7-16(6-14)10-23/h1-4,14-16H,5-13H2,(H,25,28). The first-order chi connectivity index (χ1) is 15.0. The molecule has 1 aromatic heterocycles. The highest BCUT2D eigenvalue weighted by Gasteiger charge is 2.51. The average Bonchev–Trinajstić information content (AvgIpc) is 3.19. The third-order valence-corrected chi connectivity index (χ3v) is 7.30. The molecule has 0 spiro atoms. The lowest BCUT2D eigenvalue weighted by molar-refractivity contribution is -0.146. The Balaban J connectivity index is 1.07. The van der Waals surface area contributed by atoms with Crippen LogP contribution in [0.2, 0.25) is 5.02 Å². The monoisotopic (exact) mass is 443 g/mol. The summed E-state index contributed by atoms with van der Waals surface area (Å²) in [6.07, 6.45) is 8.09. The summed E-state index contributed by atoms with van der Waals surface area (Å²) in [6, 6.07) is 7.00. The summed E-state index contributed by atoms with van der Waals surface area (Å²) in [7, 11) is 0. The molecule has 0 atom stereocenters. The third-order valence-electron chi connectivity index (χ3n) is 7.05. The van der Waals surface area contributed by atoms with E-state index in [1.807, 2.05) is 0 Å². The van der Waals surface area contributed by atoms with Crippen molar-refractivity contribution < 1.29 is 18.7 Å². The Labute approximate surface area is 185 Å². The van der Waals surface area contributed by atoms with Gasteiger partial charge in [-0.2, -0.15) is 0 Å². The van der Waals surface area contributed by atoms with Crippen LogP contribution in [0, 0.1) is 23.2 Å². The summed E-state index contributed by atoms with van der Waals surface area (Å²) in [5.41, 5.74) is 0.885. The maximum Gasteiger partial charge on any atom is 0.325 e. The molecule has 0 unspecified atom stereocenters. The lowest BCUT2D eigenvalue weighted by atomic mass is 9.49. The molecule has 4 aliphatic rings. The van der Waals surface area contributed by atoms with Crippen molar-refractivity contribution in [1.82, 2.24) is 15.5 Å². The van der Waals surface area contributed by atoms with Crippen molar-refractivity contribution in [2.75, 3.05) is 6.54 Å². The highest BCUT2D eigenvalue weighted by molar-refractivity contribution is 6.30. The Hall–Kier alpha value is -2.41. The SMILES string of the molecule is O=C(CC12CC3CC(CC(C3)C1)C2)NCC(=O)OCc1nnc(-c2ccc(Cl)cc2)o1. The number of hydrogen-bond acceptors (Lipinski definition) is 6. The fourth-order valence-corrected chi connectivity index (χ4v) is 6.42. The molecule has 4 bridgehead atoms. The molecule has 6 rings (SSSR count). The van der Waals surface area contributed by atoms with E-state index in [0.717, 1.165) is 23.3 Å². The van der Waals surface area contributed by atoms with Crippen LogP contribution in [0.15, 0.2) is 28.7 Å². The predicted octanol–water partition coefficient (Wildman–Crippen LogP) is 4.16. The van der Waals surface area contributed by atoms with Crippen LogP contribution in [0.1, 0.15) is 50.8 Å². The van der Waals surface area contributed by atoms with E-state index in [-0.39, 0.29) is 30.4 Å². The fourth-order valence-electron chi connectivity index (χ4n) is 6.29. The molecular weight excluding hydrogens is 418 g/mol. The van der Waals surface area contributed by atoms with Crippen LogP contribution in [0.3, 0.4) is 0 Å². The number of hydrogen-bond donors (Lipinski definition) is 1. The van der Waals surface area contributed by atoms with Crippen molar-refractivity contribution in [1.29, 1.82) is 0 Å². The Kier molecular flexibility index (Phi) is 5.46. The maximum absolute atomic E-state index is 12.5. The normalized spacial score (nSPS) is 28.5. The minimum atomic E-state index is -0.523. The highest BCUT2D eigenvalue weighted by Crippen LogP contribution is 2.61. The van der Waals surface area contributed by atoms with Gasteiger partial charge in [0.2, 0.25) is 11.8 Å². The van der Waals surface area contributed by atoms with E-state index in [4.69, 9.17) is 20.8 Å². The quantitative estimate of drug-likeness (QED) is 0.646. The number of amides is 1. The van der Waals surface area contributed by atoms with Gasteiger partial charge in [-0.1, -0.05) is 11.6 Å². The third kappa shape index (κ3) is 4.61. The van der Waals surface area contributed by atoms with Gasteiger partial charge in [0.25, 0.3) is 5.89 Å². The molecule has 0 aliphatic heterocycles.